The zero-order valence-corrected chi connectivity index (χ0v) is 28.0. The van der Waals surface area contributed by atoms with Crippen LogP contribution in [0.15, 0.2) is 48.6 Å². The number of ether oxygens (including phenoxy) is 2. The molecule has 2 N–H and O–H groups in total. The molecule has 2 bridgehead atoms. The molecular formula is C35H45ClN2O6S. The maximum Gasteiger partial charge on any atom is 0.264 e. The lowest BCUT2D eigenvalue weighted by atomic mass is 9.64. The van der Waals surface area contributed by atoms with E-state index in [1.807, 2.05) is 32.1 Å². The Balaban J connectivity index is 1.46. The monoisotopic (exact) mass is 656 g/mol. The number of nitrogens with one attached hydrogen (secondary N) is 1. The standard InChI is InChI=1S/C35H45ClN2O6S/c1-4-44-35(21-39)16-5-7-23(2)24(3)45(41,42)37-33(40)26-10-14-32-31(18-26)38(19-27-9-12-30(27)35)20-34(22-43-32)15-6-8-25-17-28(36)11-13-29(25)34/h5,10-11,13-14,16-18,23-24,27,30,39H,4,6-9,12,15,19-22H2,1-3H3,(H,37,40)/b16-5+/t23-,24+,27-,30+,34-,35-/m0/s1. The summed E-state index contributed by atoms with van der Waals surface area (Å²) in [6, 6.07) is 11.4. The van der Waals surface area contributed by atoms with Crippen LogP contribution < -0.4 is 14.4 Å². The highest BCUT2D eigenvalue weighted by Gasteiger charge is 2.49. The third kappa shape index (κ3) is 6.01. The van der Waals surface area contributed by atoms with Crippen molar-refractivity contribution in [1.29, 1.82) is 0 Å². The predicted molar refractivity (Wildman–Crippen MR) is 177 cm³/mol. The topological polar surface area (TPSA) is 105 Å². The lowest BCUT2D eigenvalue weighted by Gasteiger charge is -2.50. The summed E-state index contributed by atoms with van der Waals surface area (Å²) in [6.45, 7) is 7.57. The maximum absolute atomic E-state index is 13.4. The summed E-state index contributed by atoms with van der Waals surface area (Å²) >= 11 is 6.42. The van der Waals surface area contributed by atoms with Crippen LogP contribution in [0, 0.1) is 17.8 Å². The molecular weight excluding hydrogens is 612 g/mol. The van der Waals surface area contributed by atoms with Crippen molar-refractivity contribution < 1.29 is 27.8 Å². The molecule has 2 aromatic carbocycles. The van der Waals surface area contributed by atoms with Gasteiger partial charge in [0.2, 0.25) is 10.0 Å². The molecule has 1 amide bonds. The van der Waals surface area contributed by atoms with Crippen molar-refractivity contribution in [3.05, 3.63) is 70.3 Å². The molecule has 0 radical (unpaired) electrons. The molecule has 1 spiro atoms. The van der Waals surface area contributed by atoms with Crippen LogP contribution in [-0.2, 0) is 26.6 Å². The van der Waals surface area contributed by atoms with Crippen LogP contribution in [0.3, 0.4) is 0 Å². The zero-order chi connectivity index (χ0) is 32.0. The molecule has 0 aromatic heterocycles. The van der Waals surface area contributed by atoms with Gasteiger partial charge in [0.1, 0.15) is 11.4 Å². The molecule has 2 aliphatic heterocycles. The van der Waals surface area contributed by atoms with Crippen LogP contribution in [-0.4, -0.2) is 63.2 Å². The quantitative estimate of drug-likeness (QED) is 0.412. The Hall–Kier alpha value is -2.59. The van der Waals surface area contributed by atoms with E-state index in [1.165, 1.54) is 11.1 Å². The number of aryl methyl sites for hydroxylation is 1. The van der Waals surface area contributed by atoms with Gasteiger partial charge in [-0.25, -0.2) is 13.1 Å². The first-order valence-corrected chi connectivity index (χ1v) is 18.2. The van der Waals surface area contributed by atoms with Crippen LogP contribution in [0.5, 0.6) is 5.75 Å². The Morgan fingerprint density at radius 3 is 2.73 bits per heavy atom. The average Bonchev–Trinajstić information content (AvgIpc) is 3.15. The van der Waals surface area contributed by atoms with Gasteiger partial charge in [-0.05, 0) is 112 Å². The van der Waals surface area contributed by atoms with Crippen molar-refractivity contribution in [2.24, 2.45) is 17.8 Å². The van der Waals surface area contributed by atoms with Gasteiger partial charge in [0.25, 0.3) is 5.91 Å². The zero-order valence-electron chi connectivity index (χ0n) is 26.4. The van der Waals surface area contributed by atoms with Gasteiger partial charge in [-0.3, -0.25) is 4.79 Å². The van der Waals surface area contributed by atoms with Gasteiger partial charge in [-0.15, -0.1) is 0 Å². The van der Waals surface area contributed by atoms with Gasteiger partial charge < -0.3 is 19.5 Å². The Morgan fingerprint density at radius 1 is 1.18 bits per heavy atom. The van der Waals surface area contributed by atoms with Gasteiger partial charge >= 0.3 is 0 Å². The molecule has 8 nitrogen and oxygen atoms in total. The molecule has 0 saturated heterocycles. The van der Waals surface area contributed by atoms with E-state index in [0.29, 0.717) is 38.5 Å². The maximum atomic E-state index is 13.4. The van der Waals surface area contributed by atoms with Gasteiger partial charge in [-0.1, -0.05) is 36.7 Å². The number of rotatable bonds is 3. The highest BCUT2D eigenvalue weighted by Crippen LogP contribution is 2.49. The first-order valence-electron chi connectivity index (χ1n) is 16.3. The van der Waals surface area contributed by atoms with Crippen LogP contribution in [0.4, 0.5) is 5.69 Å². The van der Waals surface area contributed by atoms with Gasteiger partial charge in [0.15, 0.2) is 0 Å². The van der Waals surface area contributed by atoms with Gasteiger partial charge in [-0.2, -0.15) is 0 Å². The molecule has 1 fully saturated rings. The summed E-state index contributed by atoms with van der Waals surface area (Å²) < 4.78 is 41.9. The number of amides is 1. The minimum absolute atomic E-state index is 0.0792. The molecule has 2 aromatic rings. The second-order valence-corrected chi connectivity index (χ2v) is 16.0. The number of hydrogen-bond acceptors (Lipinski definition) is 7. The molecule has 2 aliphatic carbocycles. The van der Waals surface area contributed by atoms with Crippen molar-refractivity contribution in [2.45, 2.75) is 75.6 Å². The van der Waals surface area contributed by atoms with Crippen molar-refractivity contribution in [1.82, 2.24) is 4.72 Å². The Bertz CT molecular complexity index is 1580. The highest BCUT2D eigenvalue weighted by molar-refractivity contribution is 7.90. The first kappa shape index (κ1) is 32.4. The number of nitrogens with zero attached hydrogens (tertiary/aromatic N) is 1. The molecule has 244 valence electrons. The number of aliphatic hydroxyl groups is 1. The Kier molecular flexibility index (Phi) is 9.02. The molecule has 6 rings (SSSR count). The van der Waals surface area contributed by atoms with Crippen molar-refractivity contribution in [2.75, 3.05) is 37.8 Å². The summed E-state index contributed by atoms with van der Waals surface area (Å²) in [4.78, 5) is 15.8. The number of benzene rings is 2. The number of halogens is 1. The number of carbonyl (C=O) groups excluding carboxylic acids is 1. The fourth-order valence-electron chi connectivity index (χ4n) is 7.99. The molecule has 1 saturated carbocycles. The number of fused-ring (bicyclic) bond motifs is 4. The number of carbonyl (C=O) groups is 1. The first-order chi connectivity index (χ1) is 21.5. The number of hydrogen-bond donors (Lipinski definition) is 2. The minimum Gasteiger partial charge on any atom is -0.490 e. The molecule has 10 heteroatoms. The Morgan fingerprint density at radius 2 is 2.00 bits per heavy atom. The average molecular weight is 657 g/mol. The molecule has 45 heavy (non-hydrogen) atoms. The minimum atomic E-state index is -3.96. The fraction of sp³-hybridized carbons (Fsp3) is 0.571. The number of allylic oxidation sites excluding steroid dienone is 1. The molecule has 6 atom stereocenters. The third-order valence-electron chi connectivity index (χ3n) is 10.9. The second-order valence-electron chi connectivity index (χ2n) is 13.6. The third-order valence-corrected chi connectivity index (χ3v) is 13.0. The van der Waals surface area contributed by atoms with E-state index >= 15 is 0 Å². The van der Waals surface area contributed by atoms with Crippen LogP contribution in [0.1, 0.15) is 74.4 Å². The van der Waals surface area contributed by atoms with Crippen LogP contribution >= 0.6 is 11.6 Å². The summed E-state index contributed by atoms with van der Waals surface area (Å²) in [5, 5.41) is 10.7. The van der Waals surface area contributed by atoms with E-state index in [1.54, 1.807) is 25.1 Å². The van der Waals surface area contributed by atoms with E-state index in [-0.39, 0.29) is 35.3 Å². The lowest BCUT2D eigenvalue weighted by Crippen LogP contribution is -2.54. The lowest BCUT2D eigenvalue weighted by molar-refractivity contribution is -0.119. The smallest absolute Gasteiger partial charge is 0.264 e. The van der Waals surface area contributed by atoms with Crippen molar-refractivity contribution >= 4 is 33.2 Å². The second kappa shape index (κ2) is 12.5. The van der Waals surface area contributed by atoms with Crippen LogP contribution in [0.25, 0.3) is 0 Å². The van der Waals surface area contributed by atoms with Gasteiger partial charge in [0, 0.05) is 35.7 Å². The normalized spacial score (nSPS) is 33.5. The molecule has 4 aliphatic rings. The predicted octanol–water partition coefficient (Wildman–Crippen LogP) is 5.65. The van der Waals surface area contributed by atoms with Gasteiger partial charge in [0.05, 0.1) is 24.2 Å². The highest BCUT2D eigenvalue weighted by atomic mass is 35.5. The van der Waals surface area contributed by atoms with Crippen LogP contribution in [0.2, 0.25) is 5.02 Å². The number of anilines is 1. The number of aliphatic hydroxyl groups excluding tert-OH is 1. The SMILES string of the molecule is CCO[C@]1(CO)/C=C/C[C@H](C)[C@@H](C)S(=O)(=O)NC(=O)c2ccc3c(c2)N(C[C@@H]2CC[C@H]21)C[C@@]1(CCCc2cc(Cl)ccc21)CO3. The summed E-state index contributed by atoms with van der Waals surface area (Å²) in [5.74, 6) is 0.0649. The summed E-state index contributed by atoms with van der Waals surface area (Å²) in [5.41, 5.74) is 2.39. The van der Waals surface area contributed by atoms with Crippen molar-refractivity contribution in [3.63, 3.8) is 0 Å². The van der Waals surface area contributed by atoms with E-state index in [4.69, 9.17) is 21.1 Å². The van der Waals surface area contributed by atoms with Crippen molar-refractivity contribution in [3.8, 4) is 5.75 Å². The van der Waals surface area contributed by atoms with E-state index in [9.17, 15) is 18.3 Å². The Labute approximate surface area is 272 Å². The fourth-order valence-corrected chi connectivity index (χ4v) is 9.47. The van der Waals surface area contributed by atoms with E-state index < -0.39 is 26.8 Å². The molecule has 2 heterocycles. The van der Waals surface area contributed by atoms with E-state index in [0.717, 1.165) is 42.8 Å². The summed E-state index contributed by atoms with van der Waals surface area (Å²) in [6.07, 6.45) is 9.22. The van der Waals surface area contributed by atoms with E-state index in [2.05, 4.69) is 21.8 Å². The number of sulfonamides is 1. The summed E-state index contributed by atoms with van der Waals surface area (Å²) in [7, 11) is -3.96. The largest absolute Gasteiger partial charge is 0.490 e. The molecule has 0 unspecified atom stereocenters.